The van der Waals surface area contributed by atoms with Gasteiger partial charge in [0, 0.05) is 37.7 Å². The minimum Gasteiger partial charge on any atom is -0.493 e. The van der Waals surface area contributed by atoms with Gasteiger partial charge in [0.2, 0.25) is 11.8 Å². The predicted molar refractivity (Wildman–Crippen MR) is 182 cm³/mol. The summed E-state index contributed by atoms with van der Waals surface area (Å²) in [6.45, 7) is 3.58. The van der Waals surface area contributed by atoms with E-state index in [2.05, 4.69) is 24.3 Å². The summed E-state index contributed by atoms with van der Waals surface area (Å²) in [5, 5.41) is 0. The normalized spacial score (nSPS) is 26.5. The molecule has 3 heterocycles. The van der Waals surface area contributed by atoms with Gasteiger partial charge in [-0.1, -0.05) is 49.2 Å². The van der Waals surface area contributed by atoms with Crippen LogP contribution >= 0.6 is 0 Å². The van der Waals surface area contributed by atoms with E-state index >= 15 is 0 Å². The first kappa shape index (κ1) is 34.0. The quantitative estimate of drug-likeness (QED) is 0.293. The van der Waals surface area contributed by atoms with Crippen LogP contribution in [0.5, 0.6) is 11.5 Å². The molecule has 6 rings (SSSR count). The van der Waals surface area contributed by atoms with Gasteiger partial charge in [0.1, 0.15) is 5.41 Å². The fourth-order valence-electron chi connectivity index (χ4n) is 8.58. The minimum atomic E-state index is -1.19. The zero-order chi connectivity index (χ0) is 33.8. The summed E-state index contributed by atoms with van der Waals surface area (Å²) in [6.07, 6.45) is 8.28. The molecule has 0 N–H and O–H groups in total. The van der Waals surface area contributed by atoms with Gasteiger partial charge in [-0.05, 0) is 86.6 Å². The van der Waals surface area contributed by atoms with Crippen molar-refractivity contribution in [1.29, 1.82) is 0 Å². The van der Waals surface area contributed by atoms with Crippen LogP contribution < -0.4 is 9.47 Å². The van der Waals surface area contributed by atoms with E-state index in [1.807, 2.05) is 42.2 Å². The van der Waals surface area contributed by atoms with Gasteiger partial charge in [0.05, 0.1) is 33.5 Å². The highest BCUT2D eigenvalue weighted by molar-refractivity contribution is 5.92. The maximum Gasteiger partial charge on any atom is 0.320 e. The number of carbonyl (C=O) groups excluding carboxylic acids is 3. The lowest BCUT2D eigenvalue weighted by Gasteiger charge is -2.52. The first-order chi connectivity index (χ1) is 23.3. The molecule has 1 saturated carbocycles. The van der Waals surface area contributed by atoms with E-state index in [9.17, 15) is 14.4 Å². The molecule has 2 aromatic rings. The van der Waals surface area contributed by atoms with Crippen molar-refractivity contribution in [3.8, 4) is 11.5 Å². The molecule has 48 heavy (non-hydrogen) atoms. The number of fused-ring (bicyclic) bond motifs is 1. The summed E-state index contributed by atoms with van der Waals surface area (Å²) in [7, 11) is 4.60. The van der Waals surface area contributed by atoms with Crippen LogP contribution in [-0.2, 0) is 30.3 Å². The van der Waals surface area contributed by atoms with Gasteiger partial charge in [-0.2, -0.15) is 0 Å². The third-order valence-electron chi connectivity index (χ3n) is 11.3. The lowest BCUT2D eigenvalue weighted by atomic mass is 9.66. The van der Waals surface area contributed by atoms with Crippen molar-refractivity contribution in [2.45, 2.75) is 82.8 Å². The largest absolute Gasteiger partial charge is 0.493 e. The molecule has 1 aliphatic carbocycles. The zero-order valence-corrected chi connectivity index (χ0v) is 28.8. The van der Waals surface area contributed by atoms with Crippen LogP contribution in [0.1, 0.15) is 75.3 Å². The van der Waals surface area contributed by atoms with Crippen molar-refractivity contribution in [2.24, 2.45) is 17.3 Å². The summed E-state index contributed by atoms with van der Waals surface area (Å²) in [6, 6.07) is 16.2. The van der Waals surface area contributed by atoms with Gasteiger partial charge in [-0.25, -0.2) is 0 Å². The highest BCUT2D eigenvalue weighted by atomic mass is 16.5. The molecular weight excluding hydrogens is 608 g/mol. The number of hydrogen-bond donors (Lipinski definition) is 0. The molecule has 2 amide bonds. The maximum atomic E-state index is 14.5. The second kappa shape index (κ2) is 14.7. The number of amides is 2. The molecule has 9 nitrogen and oxygen atoms in total. The molecular formula is C39H50N2O7. The number of hydrogen-bond acceptors (Lipinski definition) is 7. The SMILES string of the molecule is COC(=O)[C@]12C[C@H](CC(=O)N3CCC(c4ccccc4)CC3)C(=O)N(CCc3ccc(OC)c(OC)c3)C1=C[C@H](C1CCCC1)O[C@@H]2C. The molecule has 3 aliphatic heterocycles. The Hall–Kier alpha value is -3.85. The topological polar surface area (TPSA) is 94.6 Å². The van der Waals surface area contributed by atoms with Crippen LogP contribution in [0.3, 0.4) is 0 Å². The van der Waals surface area contributed by atoms with Gasteiger partial charge in [-0.3, -0.25) is 14.4 Å². The third kappa shape index (κ3) is 6.58. The van der Waals surface area contributed by atoms with E-state index < -0.39 is 23.4 Å². The number of carbonyl (C=O) groups is 3. The molecule has 0 aromatic heterocycles. The second-order valence-electron chi connectivity index (χ2n) is 13.9. The molecule has 0 spiro atoms. The molecule has 258 valence electrons. The molecule has 4 aliphatic rings. The molecule has 2 aromatic carbocycles. The van der Waals surface area contributed by atoms with Crippen LogP contribution in [0.2, 0.25) is 0 Å². The van der Waals surface area contributed by atoms with Crippen LogP contribution in [-0.4, -0.2) is 80.8 Å². The van der Waals surface area contributed by atoms with Crippen molar-refractivity contribution in [3.05, 3.63) is 71.4 Å². The average molecular weight is 659 g/mol. The lowest BCUT2D eigenvalue weighted by Crippen LogP contribution is -2.61. The highest BCUT2D eigenvalue weighted by Crippen LogP contribution is 2.52. The third-order valence-corrected chi connectivity index (χ3v) is 11.3. The summed E-state index contributed by atoms with van der Waals surface area (Å²) >= 11 is 0. The van der Waals surface area contributed by atoms with Crippen LogP contribution in [0.15, 0.2) is 60.3 Å². The molecule has 9 heteroatoms. The van der Waals surface area contributed by atoms with E-state index in [0.29, 0.717) is 55.1 Å². The van der Waals surface area contributed by atoms with Crippen LogP contribution in [0.25, 0.3) is 0 Å². The molecule has 4 atom stereocenters. The summed E-state index contributed by atoms with van der Waals surface area (Å²) in [4.78, 5) is 46.0. The summed E-state index contributed by atoms with van der Waals surface area (Å²) in [5.41, 5.74) is 1.75. The van der Waals surface area contributed by atoms with E-state index in [4.69, 9.17) is 18.9 Å². The Kier molecular flexibility index (Phi) is 10.4. The van der Waals surface area contributed by atoms with Gasteiger partial charge < -0.3 is 28.7 Å². The number of rotatable bonds is 10. The maximum absolute atomic E-state index is 14.5. The highest BCUT2D eigenvalue weighted by Gasteiger charge is 2.60. The number of esters is 1. The number of methoxy groups -OCH3 is 3. The first-order valence-electron chi connectivity index (χ1n) is 17.6. The minimum absolute atomic E-state index is 0.0413. The van der Waals surface area contributed by atoms with Crippen molar-refractivity contribution in [1.82, 2.24) is 9.80 Å². The smallest absolute Gasteiger partial charge is 0.320 e. The van der Waals surface area contributed by atoms with Crippen LogP contribution in [0, 0.1) is 17.3 Å². The molecule has 0 bridgehead atoms. The zero-order valence-electron chi connectivity index (χ0n) is 28.8. The van der Waals surface area contributed by atoms with Gasteiger partial charge in [0.25, 0.3) is 0 Å². The van der Waals surface area contributed by atoms with Gasteiger partial charge >= 0.3 is 5.97 Å². The number of piperidine rings is 2. The predicted octanol–water partition coefficient (Wildman–Crippen LogP) is 5.91. The standard InChI is InChI=1S/C39H50N2O7/c1-26-39(38(44)47-4)25-31(23-36(42)40-19-17-29(18-20-40)28-10-6-5-7-11-28)37(43)41(35(39)24-33(48-26)30-12-8-9-13-30)21-16-27-14-15-32(45-2)34(22-27)46-3/h5-7,10-11,14-15,22,24,26,29-31,33H,8-9,12-13,16-21,23,25H2,1-4H3/t26-,31+,33-,39+/m1/s1. The first-order valence-corrected chi connectivity index (χ1v) is 17.6. The number of likely N-dealkylation sites (tertiary alicyclic amines) is 2. The Morgan fingerprint density at radius 3 is 2.31 bits per heavy atom. The van der Waals surface area contributed by atoms with E-state index in [1.165, 1.54) is 12.7 Å². The van der Waals surface area contributed by atoms with E-state index in [0.717, 1.165) is 44.1 Å². The monoisotopic (exact) mass is 658 g/mol. The Bertz CT molecular complexity index is 1490. The summed E-state index contributed by atoms with van der Waals surface area (Å²) < 4.78 is 23.1. The molecule has 0 unspecified atom stereocenters. The molecule has 2 saturated heterocycles. The Balaban J connectivity index is 1.28. The average Bonchev–Trinajstić information content (AvgIpc) is 3.67. The fourth-order valence-corrected chi connectivity index (χ4v) is 8.58. The van der Waals surface area contributed by atoms with Crippen LogP contribution in [0.4, 0.5) is 0 Å². The summed E-state index contributed by atoms with van der Waals surface area (Å²) in [5.74, 6) is 0.748. The van der Waals surface area contributed by atoms with Gasteiger partial charge in [-0.15, -0.1) is 0 Å². The molecule has 0 radical (unpaired) electrons. The van der Waals surface area contributed by atoms with Crippen molar-refractivity contribution in [2.75, 3.05) is 41.0 Å². The lowest BCUT2D eigenvalue weighted by molar-refractivity contribution is -0.178. The Morgan fingerprint density at radius 1 is 0.938 bits per heavy atom. The Morgan fingerprint density at radius 2 is 1.65 bits per heavy atom. The Labute approximate surface area is 284 Å². The van der Waals surface area contributed by atoms with Gasteiger partial charge in [0.15, 0.2) is 11.5 Å². The number of benzene rings is 2. The van der Waals surface area contributed by atoms with E-state index in [1.54, 1.807) is 19.1 Å². The van der Waals surface area contributed by atoms with Crippen molar-refractivity contribution >= 4 is 17.8 Å². The number of nitrogens with zero attached hydrogens (tertiary/aromatic N) is 2. The molecule has 3 fully saturated rings. The fraction of sp³-hybridized carbons (Fsp3) is 0.564. The number of ether oxygens (including phenoxy) is 4. The van der Waals surface area contributed by atoms with Crippen molar-refractivity contribution < 1.29 is 33.3 Å². The van der Waals surface area contributed by atoms with E-state index in [-0.39, 0.29) is 30.8 Å². The van der Waals surface area contributed by atoms with Crippen molar-refractivity contribution in [3.63, 3.8) is 0 Å². The second-order valence-corrected chi connectivity index (χ2v) is 13.9.